The number of aromatic nitrogens is 3. The van der Waals surface area contributed by atoms with Gasteiger partial charge < -0.3 is 5.73 Å². The molecule has 0 radical (unpaired) electrons. The molecular formula is C10H11BrN4. The number of nitrogens with zero attached hydrogens (tertiary/aromatic N) is 3. The fraction of sp³-hybridized carbons (Fsp3) is 0.200. The second-order valence-corrected chi connectivity index (χ2v) is 4.32. The molecule has 2 heterocycles. The zero-order valence-electron chi connectivity index (χ0n) is 8.53. The Kier molecular flexibility index (Phi) is 2.48. The van der Waals surface area contributed by atoms with Crippen LogP contribution in [0.4, 0.5) is 5.69 Å². The SMILES string of the molecule is Cc1cc(C)n(-c2ncc(Br)cc2N)n1. The Hall–Kier alpha value is -1.36. The van der Waals surface area contributed by atoms with Crippen molar-refractivity contribution in [2.45, 2.75) is 13.8 Å². The third kappa shape index (κ3) is 1.87. The Balaban J connectivity index is 2.59. The van der Waals surface area contributed by atoms with E-state index in [4.69, 9.17) is 5.73 Å². The van der Waals surface area contributed by atoms with Crippen molar-refractivity contribution in [2.24, 2.45) is 0 Å². The molecule has 0 atom stereocenters. The minimum Gasteiger partial charge on any atom is -0.396 e. The van der Waals surface area contributed by atoms with E-state index in [1.165, 1.54) is 0 Å². The number of rotatable bonds is 1. The molecule has 15 heavy (non-hydrogen) atoms. The molecule has 0 fully saturated rings. The van der Waals surface area contributed by atoms with Crippen LogP contribution in [0.3, 0.4) is 0 Å². The van der Waals surface area contributed by atoms with Crippen LogP contribution in [0.15, 0.2) is 22.8 Å². The van der Waals surface area contributed by atoms with Crippen LogP contribution in [-0.4, -0.2) is 14.8 Å². The molecule has 0 amide bonds. The molecule has 2 aromatic rings. The highest BCUT2D eigenvalue weighted by molar-refractivity contribution is 9.10. The molecule has 0 aliphatic heterocycles. The fourth-order valence-corrected chi connectivity index (χ4v) is 1.82. The molecule has 2 N–H and O–H groups in total. The molecule has 0 saturated heterocycles. The van der Waals surface area contributed by atoms with Crippen molar-refractivity contribution in [1.82, 2.24) is 14.8 Å². The molecule has 0 aromatic carbocycles. The van der Waals surface area contributed by atoms with E-state index in [1.54, 1.807) is 10.9 Å². The first-order chi connectivity index (χ1) is 7.08. The van der Waals surface area contributed by atoms with Gasteiger partial charge in [0.15, 0.2) is 5.82 Å². The average molecular weight is 267 g/mol. The van der Waals surface area contributed by atoms with Gasteiger partial charge in [0.1, 0.15) is 0 Å². The lowest BCUT2D eigenvalue weighted by Crippen LogP contribution is -2.05. The highest BCUT2D eigenvalue weighted by Gasteiger charge is 2.08. The predicted molar refractivity (Wildman–Crippen MR) is 62.9 cm³/mol. The van der Waals surface area contributed by atoms with Gasteiger partial charge in [0.2, 0.25) is 0 Å². The van der Waals surface area contributed by atoms with Gasteiger partial charge in [-0.2, -0.15) is 5.10 Å². The van der Waals surface area contributed by atoms with Crippen molar-refractivity contribution in [2.75, 3.05) is 5.73 Å². The summed E-state index contributed by atoms with van der Waals surface area (Å²) in [5, 5.41) is 4.33. The van der Waals surface area contributed by atoms with Crippen LogP contribution >= 0.6 is 15.9 Å². The Labute approximate surface area is 96.3 Å². The molecule has 0 spiro atoms. The van der Waals surface area contributed by atoms with Crippen LogP contribution in [0.1, 0.15) is 11.4 Å². The molecule has 2 rings (SSSR count). The first-order valence-corrected chi connectivity index (χ1v) is 5.32. The number of nitrogen functional groups attached to an aromatic ring is 1. The van der Waals surface area contributed by atoms with E-state index in [2.05, 4.69) is 26.0 Å². The molecule has 4 nitrogen and oxygen atoms in total. The second kappa shape index (κ2) is 3.66. The van der Waals surface area contributed by atoms with E-state index >= 15 is 0 Å². The summed E-state index contributed by atoms with van der Waals surface area (Å²) in [5.41, 5.74) is 8.46. The van der Waals surface area contributed by atoms with E-state index in [0.717, 1.165) is 15.9 Å². The molecule has 0 bridgehead atoms. The monoisotopic (exact) mass is 266 g/mol. The Morgan fingerprint density at radius 2 is 2.07 bits per heavy atom. The van der Waals surface area contributed by atoms with Gasteiger partial charge in [0.05, 0.1) is 11.4 Å². The number of halogens is 1. The molecular weight excluding hydrogens is 256 g/mol. The lowest BCUT2D eigenvalue weighted by molar-refractivity contribution is 0.808. The summed E-state index contributed by atoms with van der Waals surface area (Å²) in [6.07, 6.45) is 1.71. The van der Waals surface area contributed by atoms with Crippen LogP contribution in [0.2, 0.25) is 0 Å². The number of anilines is 1. The van der Waals surface area contributed by atoms with Crippen molar-refractivity contribution < 1.29 is 0 Å². The summed E-state index contributed by atoms with van der Waals surface area (Å²) in [4.78, 5) is 4.25. The molecule has 0 aliphatic carbocycles. The van der Waals surface area contributed by atoms with Crippen LogP contribution in [0, 0.1) is 13.8 Å². The maximum absolute atomic E-state index is 5.88. The highest BCUT2D eigenvalue weighted by atomic mass is 79.9. The lowest BCUT2D eigenvalue weighted by atomic mass is 10.3. The minimum atomic E-state index is 0.607. The largest absolute Gasteiger partial charge is 0.396 e. The Bertz CT molecular complexity index is 504. The van der Waals surface area contributed by atoms with Gasteiger partial charge in [-0.25, -0.2) is 9.67 Å². The van der Waals surface area contributed by atoms with Crippen LogP contribution in [0.25, 0.3) is 5.82 Å². The van der Waals surface area contributed by atoms with Gasteiger partial charge in [-0.1, -0.05) is 0 Å². The van der Waals surface area contributed by atoms with E-state index in [0.29, 0.717) is 11.5 Å². The topological polar surface area (TPSA) is 56.7 Å². The number of hydrogen-bond acceptors (Lipinski definition) is 3. The summed E-state index contributed by atoms with van der Waals surface area (Å²) in [6.45, 7) is 3.92. The number of nitrogens with two attached hydrogens (primary N) is 1. The van der Waals surface area contributed by atoms with Gasteiger partial charge >= 0.3 is 0 Å². The quantitative estimate of drug-likeness (QED) is 0.861. The Morgan fingerprint density at radius 1 is 1.33 bits per heavy atom. The number of pyridine rings is 1. The van der Waals surface area contributed by atoms with Gasteiger partial charge in [-0.05, 0) is 41.9 Å². The number of aryl methyl sites for hydroxylation is 2. The van der Waals surface area contributed by atoms with Gasteiger partial charge in [0.25, 0.3) is 0 Å². The van der Waals surface area contributed by atoms with Crippen LogP contribution in [-0.2, 0) is 0 Å². The molecule has 78 valence electrons. The normalized spacial score (nSPS) is 10.6. The van der Waals surface area contributed by atoms with Gasteiger partial charge in [-0.3, -0.25) is 0 Å². The zero-order chi connectivity index (χ0) is 11.0. The van der Waals surface area contributed by atoms with Crippen molar-refractivity contribution in [3.8, 4) is 5.82 Å². The summed E-state index contributed by atoms with van der Waals surface area (Å²) >= 11 is 3.32. The highest BCUT2D eigenvalue weighted by Crippen LogP contribution is 2.20. The predicted octanol–water partition coefficient (Wildman–Crippen LogP) is 2.23. The summed E-state index contributed by atoms with van der Waals surface area (Å²) < 4.78 is 2.61. The average Bonchev–Trinajstić information content (AvgIpc) is 2.45. The van der Waals surface area contributed by atoms with Crippen LogP contribution in [0.5, 0.6) is 0 Å². The van der Waals surface area contributed by atoms with E-state index < -0.39 is 0 Å². The van der Waals surface area contributed by atoms with Crippen molar-refractivity contribution in [1.29, 1.82) is 0 Å². The second-order valence-electron chi connectivity index (χ2n) is 3.41. The van der Waals surface area contributed by atoms with E-state index in [-0.39, 0.29) is 0 Å². The Morgan fingerprint density at radius 3 is 2.60 bits per heavy atom. The standard InChI is InChI=1S/C10H11BrN4/c1-6-3-7(2)15(14-6)10-9(12)4-8(11)5-13-10/h3-5H,12H2,1-2H3. The molecule has 0 saturated carbocycles. The van der Waals surface area contributed by atoms with Gasteiger partial charge in [-0.15, -0.1) is 0 Å². The van der Waals surface area contributed by atoms with E-state index in [1.807, 2.05) is 26.0 Å². The summed E-state index contributed by atoms with van der Waals surface area (Å²) in [5.74, 6) is 0.670. The molecule has 0 aliphatic rings. The number of hydrogen-bond donors (Lipinski definition) is 1. The third-order valence-electron chi connectivity index (χ3n) is 2.07. The zero-order valence-corrected chi connectivity index (χ0v) is 10.1. The van der Waals surface area contributed by atoms with E-state index in [9.17, 15) is 0 Å². The molecule has 2 aromatic heterocycles. The maximum Gasteiger partial charge on any atom is 0.176 e. The van der Waals surface area contributed by atoms with Crippen molar-refractivity contribution in [3.05, 3.63) is 34.2 Å². The minimum absolute atomic E-state index is 0.607. The van der Waals surface area contributed by atoms with Crippen molar-refractivity contribution >= 4 is 21.6 Å². The van der Waals surface area contributed by atoms with Crippen molar-refractivity contribution in [3.63, 3.8) is 0 Å². The van der Waals surface area contributed by atoms with Gasteiger partial charge in [0, 0.05) is 16.4 Å². The maximum atomic E-state index is 5.88. The third-order valence-corrected chi connectivity index (χ3v) is 2.51. The molecule has 0 unspecified atom stereocenters. The first-order valence-electron chi connectivity index (χ1n) is 4.52. The van der Waals surface area contributed by atoms with Crippen LogP contribution < -0.4 is 5.73 Å². The lowest BCUT2D eigenvalue weighted by Gasteiger charge is -2.06. The smallest absolute Gasteiger partial charge is 0.176 e. The molecule has 5 heteroatoms. The fourth-order valence-electron chi connectivity index (χ4n) is 1.47. The first kappa shape index (κ1) is 10.2. The summed E-state index contributed by atoms with van der Waals surface area (Å²) in [6, 6.07) is 3.81. The summed E-state index contributed by atoms with van der Waals surface area (Å²) in [7, 11) is 0.